The minimum Gasteiger partial charge on any atom is -0.339 e. The minimum absolute atomic E-state index is 0.179. The molecule has 0 aliphatic heterocycles. The smallest absolute Gasteiger partial charge is 0.339 e. The molecule has 0 saturated carbocycles. The predicted octanol–water partition coefficient (Wildman–Crippen LogP) is 1.32. The molecule has 1 aromatic carbocycles. The molecule has 2 rings (SSSR count). The number of carbonyl (C=O) groups excluding carboxylic acids is 2. The van der Waals surface area contributed by atoms with Gasteiger partial charge in [-0.05, 0) is 18.2 Å². The van der Waals surface area contributed by atoms with E-state index < -0.39 is 6.03 Å². The molecule has 0 saturated heterocycles. The maximum absolute atomic E-state index is 12.0. The third-order valence-electron chi connectivity index (χ3n) is 2.31. The SMILES string of the molecule is CNC(=O)n1nccc1C(=O)Nc1ccccc1. The highest BCUT2D eigenvalue weighted by molar-refractivity contribution is 6.04. The number of carbonyl (C=O) groups is 2. The van der Waals surface area contributed by atoms with Crippen LogP contribution in [0.25, 0.3) is 0 Å². The molecular formula is C12H12N4O2. The molecule has 0 aliphatic rings. The number of hydrogen-bond acceptors (Lipinski definition) is 3. The Labute approximate surface area is 104 Å². The Morgan fingerprint density at radius 2 is 1.89 bits per heavy atom. The average molecular weight is 244 g/mol. The number of amides is 2. The zero-order valence-electron chi connectivity index (χ0n) is 9.75. The van der Waals surface area contributed by atoms with Gasteiger partial charge in [-0.3, -0.25) is 4.79 Å². The van der Waals surface area contributed by atoms with Crippen molar-refractivity contribution in [1.82, 2.24) is 15.1 Å². The standard InChI is InChI=1S/C12H12N4O2/c1-13-12(18)16-10(7-8-14-16)11(17)15-9-5-3-2-4-6-9/h2-8H,1H3,(H,13,18)(H,15,17). The number of aromatic nitrogens is 2. The van der Waals surface area contributed by atoms with Crippen LogP contribution in [0.15, 0.2) is 42.6 Å². The lowest BCUT2D eigenvalue weighted by atomic mass is 10.3. The van der Waals surface area contributed by atoms with Crippen molar-refractivity contribution in [3.63, 3.8) is 0 Å². The van der Waals surface area contributed by atoms with Crippen molar-refractivity contribution in [3.05, 3.63) is 48.3 Å². The molecule has 2 amide bonds. The summed E-state index contributed by atoms with van der Waals surface area (Å²) in [5, 5.41) is 8.89. The van der Waals surface area contributed by atoms with Gasteiger partial charge in [0.25, 0.3) is 5.91 Å². The second-order valence-corrected chi connectivity index (χ2v) is 3.50. The van der Waals surface area contributed by atoms with E-state index in [0.717, 1.165) is 4.68 Å². The molecule has 0 spiro atoms. The summed E-state index contributed by atoms with van der Waals surface area (Å²) in [4.78, 5) is 23.4. The van der Waals surface area contributed by atoms with Gasteiger partial charge in [-0.1, -0.05) is 18.2 Å². The van der Waals surface area contributed by atoms with Gasteiger partial charge in [0, 0.05) is 12.7 Å². The first-order chi connectivity index (χ1) is 8.72. The normalized spacial score (nSPS) is 9.83. The van der Waals surface area contributed by atoms with Crippen LogP contribution in [-0.4, -0.2) is 28.8 Å². The summed E-state index contributed by atoms with van der Waals surface area (Å²) in [5.74, 6) is -0.387. The van der Waals surface area contributed by atoms with Crippen LogP contribution in [0, 0.1) is 0 Å². The highest BCUT2D eigenvalue weighted by Gasteiger charge is 2.16. The van der Waals surface area contributed by atoms with E-state index in [2.05, 4.69) is 15.7 Å². The molecule has 18 heavy (non-hydrogen) atoms. The van der Waals surface area contributed by atoms with Crippen LogP contribution in [0.1, 0.15) is 10.5 Å². The Morgan fingerprint density at radius 1 is 1.17 bits per heavy atom. The van der Waals surface area contributed by atoms with Gasteiger partial charge >= 0.3 is 6.03 Å². The number of hydrogen-bond donors (Lipinski definition) is 2. The number of nitrogens with zero attached hydrogens (tertiary/aromatic N) is 2. The molecule has 0 aliphatic carbocycles. The second kappa shape index (κ2) is 5.13. The Morgan fingerprint density at radius 3 is 2.56 bits per heavy atom. The van der Waals surface area contributed by atoms with Crippen LogP contribution in [0.3, 0.4) is 0 Å². The summed E-state index contributed by atoms with van der Waals surface area (Å²) >= 11 is 0. The summed E-state index contributed by atoms with van der Waals surface area (Å²) in [6.07, 6.45) is 1.40. The maximum Gasteiger partial charge on any atom is 0.342 e. The van der Waals surface area contributed by atoms with Gasteiger partial charge in [0.1, 0.15) is 5.69 Å². The summed E-state index contributed by atoms with van der Waals surface area (Å²) in [7, 11) is 1.48. The van der Waals surface area contributed by atoms with E-state index in [1.807, 2.05) is 18.2 Å². The predicted molar refractivity (Wildman–Crippen MR) is 66.5 cm³/mol. The van der Waals surface area contributed by atoms with E-state index >= 15 is 0 Å². The summed E-state index contributed by atoms with van der Waals surface area (Å²) in [6, 6.07) is 10.0. The third-order valence-corrected chi connectivity index (χ3v) is 2.31. The minimum atomic E-state index is -0.460. The highest BCUT2D eigenvalue weighted by atomic mass is 16.2. The molecule has 1 heterocycles. The van der Waals surface area contributed by atoms with Crippen molar-refractivity contribution in [2.45, 2.75) is 0 Å². The molecule has 0 bridgehead atoms. The fourth-order valence-electron chi connectivity index (χ4n) is 1.46. The number of benzene rings is 1. The number of nitrogens with one attached hydrogen (secondary N) is 2. The van der Waals surface area contributed by atoms with Crippen LogP contribution in [-0.2, 0) is 0 Å². The second-order valence-electron chi connectivity index (χ2n) is 3.50. The van der Waals surface area contributed by atoms with Gasteiger partial charge < -0.3 is 10.6 Å². The van der Waals surface area contributed by atoms with Crippen molar-refractivity contribution in [1.29, 1.82) is 0 Å². The zero-order chi connectivity index (χ0) is 13.0. The lowest BCUT2D eigenvalue weighted by Crippen LogP contribution is -2.30. The third kappa shape index (κ3) is 2.37. The molecule has 0 unspecified atom stereocenters. The Kier molecular flexibility index (Phi) is 3.38. The van der Waals surface area contributed by atoms with E-state index in [0.29, 0.717) is 5.69 Å². The number of rotatable bonds is 2. The molecule has 0 radical (unpaired) electrons. The topological polar surface area (TPSA) is 76.0 Å². The molecular weight excluding hydrogens is 232 g/mol. The molecule has 6 heteroatoms. The van der Waals surface area contributed by atoms with Crippen molar-refractivity contribution < 1.29 is 9.59 Å². The number of para-hydroxylation sites is 1. The van der Waals surface area contributed by atoms with Crippen LogP contribution >= 0.6 is 0 Å². The quantitative estimate of drug-likeness (QED) is 0.836. The Balaban J connectivity index is 2.20. The van der Waals surface area contributed by atoms with Crippen molar-refractivity contribution in [3.8, 4) is 0 Å². The van der Waals surface area contributed by atoms with Gasteiger partial charge in [-0.25, -0.2) is 4.79 Å². The fourth-order valence-corrected chi connectivity index (χ4v) is 1.46. The summed E-state index contributed by atoms with van der Waals surface area (Å²) < 4.78 is 1.01. The van der Waals surface area contributed by atoms with Gasteiger partial charge in [0.15, 0.2) is 0 Å². The summed E-state index contributed by atoms with van der Waals surface area (Å²) in [6.45, 7) is 0. The first-order valence-corrected chi connectivity index (χ1v) is 5.35. The highest BCUT2D eigenvalue weighted by Crippen LogP contribution is 2.08. The number of anilines is 1. The molecule has 2 N–H and O–H groups in total. The monoisotopic (exact) mass is 244 g/mol. The Bertz CT molecular complexity index is 562. The lowest BCUT2D eigenvalue weighted by Gasteiger charge is -2.06. The van der Waals surface area contributed by atoms with E-state index in [9.17, 15) is 9.59 Å². The van der Waals surface area contributed by atoms with E-state index in [-0.39, 0.29) is 11.6 Å². The maximum atomic E-state index is 12.0. The van der Waals surface area contributed by atoms with Crippen molar-refractivity contribution in [2.75, 3.05) is 12.4 Å². The van der Waals surface area contributed by atoms with Crippen molar-refractivity contribution in [2.24, 2.45) is 0 Å². The van der Waals surface area contributed by atoms with Crippen LogP contribution in [0.2, 0.25) is 0 Å². The molecule has 1 aromatic heterocycles. The zero-order valence-corrected chi connectivity index (χ0v) is 9.75. The van der Waals surface area contributed by atoms with E-state index in [4.69, 9.17) is 0 Å². The molecule has 6 nitrogen and oxygen atoms in total. The van der Waals surface area contributed by atoms with Gasteiger partial charge in [0.2, 0.25) is 0 Å². The average Bonchev–Trinajstić information content (AvgIpc) is 2.88. The van der Waals surface area contributed by atoms with Gasteiger partial charge in [-0.15, -0.1) is 0 Å². The molecule has 2 aromatic rings. The van der Waals surface area contributed by atoms with Gasteiger partial charge in [0.05, 0.1) is 6.20 Å². The lowest BCUT2D eigenvalue weighted by molar-refractivity contribution is 0.101. The molecule has 92 valence electrons. The van der Waals surface area contributed by atoms with E-state index in [1.165, 1.54) is 19.3 Å². The molecule has 0 atom stereocenters. The first-order valence-electron chi connectivity index (χ1n) is 5.35. The van der Waals surface area contributed by atoms with Crippen molar-refractivity contribution >= 4 is 17.6 Å². The van der Waals surface area contributed by atoms with Crippen LogP contribution < -0.4 is 10.6 Å². The fraction of sp³-hybridized carbons (Fsp3) is 0.0833. The molecule has 0 fully saturated rings. The van der Waals surface area contributed by atoms with Gasteiger partial charge in [-0.2, -0.15) is 9.78 Å². The summed E-state index contributed by atoms with van der Waals surface area (Å²) in [5.41, 5.74) is 0.838. The van der Waals surface area contributed by atoms with Crippen LogP contribution in [0.4, 0.5) is 10.5 Å². The Hall–Kier alpha value is -2.63. The van der Waals surface area contributed by atoms with Crippen LogP contribution in [0.5, 0.6) is 0 Å². The largest absolute Gasteiger partial charge is 0.342 e. The first kappa shape index (κ1) is 11.8. The van der Waals surface area contributed by atoms with E-state index in [1.54, 1.807) is 12.1 Å².